The average molecular weight is 866 g/mol. The van der Waals surface area contributed by atoms with Gasteiger partial charge in [0.1, 0.15) is 19.8 Å². The molecule has 0 amide bonds. The predicted octanol–water partition coefficient (Wildman–Crippen LogP) is 13.6. The van der Waals surface area contributed by atoms with Crippen LogP contribution in [0, 0.1) is 0 Å². The molecular weight excluding hydrogens is 774 g/mol. The fourth-order valence-electron chi connectivity index (χ4n) is 6.48. The topological polar surface area (TPSA) is 111 Å². The van der Waals surface area contributed by atoms with Crippen LogP contribution in [0.1, 0.15) is 206 Å². The van der Waals surface area contributed by atoms with Crippen molar-refractivity contribution in [3.63, 3.8) is 0 Å². The number of phosphoric acid groups is 1. The number of quaternary nitrogens is 1. The molecule has 0 spiro atoms. The lowest BCUT2D eigenvalue weighted by Gasteiger charge is -2.28. The molecule has 0 aromatic rings. The number of unbranched alkanes of at least 4 members (excludes halogenated alkanes) is 22. The summed E-state index contributed by atoms with van der Waals surface area (Å²) in [7, 11) is 1.15. The first-order valence-electron chi connectivity index (χ1n) is 24.3. The van der Waals surface area contributed by atoms with Crippen molar-refractivity contribution in [3.05, 3.63) is 48.6 Å². The molecule has 0 aromatic heterocycles. The number of nitrogens with zero attached hydrogens (tertiary/aromatic N) is 1. The lowest BCUT2D eigenvalue weighted by atomic mass is 10.1. The van der Waals surface area contributed by atoms with Gasteiger partial charge in [-0.15, -0.1) is 0 Å². The number of likely N-dealkylation sites (N-methyl/N-ethyl adjacent to an activating group) is 1. The number of carbonyl (C=O) groups excluding carboxylic acids is 2. The highest BCUT2D eigenvalue weighted by atomic mass is 31.2. The molecule has 0 heterocycles. The Morgan fingerprint density at radius 2 is 0.900 bits per heavy atom. The van der Waals surface area contributed by atoms with Crippen LogP contribution < -0.4 is 4.89 Å². The van der Waals surface area contributed by atoms with Gasteiger partial charge >= 0.3 is 11.9 Å². The number of ether oxygens (including phenoxy) is 2. The summed E-state index contributed by atoms with van der Waals surface area (Å²) in [6, 6.07) is 0. The maximum Gasteiger partial charge on any atom is 0.306 e. The largest absolute Gasteiger partial charge is 0.756 e. The molecule has 0 aromatic carbocycles. The molecule has 0 N–H and O–H groups in total. The van der Waals surface area contributed by atoms with Gasteiger partial charge in [-0.25, -0.2) is 0 Å². The Hall–Kier alpha value is -2.03. The maximum atomic E-state index is 12.7. The molecule has 2 atom stereocenters. The Labute approximate surface area is 369 Å². The molecule has 60 heavy (non-hydrogen) atoms. The third kappa shape index (κ3) is 45.5. The van der Waals surface area contributed by atoms with E-state index in [2.05, 4.69) is 62.5 Å². The monoisotopic (exact) mass is 866 g/mol. The minimum absolute atomic E-state index is 0.0354. The summed E-state index contributed by atoms with van der Waals surface area (Å²) in [4.78, 5) is 37.7. The number of hydrogen-bond donors (Lipinski definition) is 0. The normalized spacial score (nSPS) is 13.9. The van der Waals surface area contributed by atoms with Crippen LogP contribution in [0.4, 0.5) is 0 Å². The van der Waals surface area contributed by atoms with Gasteiger partial charge < -0.3 is 27.9 Å². The van der Waals surface area contributed by atoms with Crippen LogP contribution >= 0.6 is 7.82 Å². The van der Waals surface area contributed by atoms with E-state index in [-0.39, 0.29) is 26.1 Å². The molecule has 0 aliphatic carbocycles. The second kappa shape index (κ2) is 42.3. The Morgan fingerprint density at radius 1 is 0.517 bits per heavy atom. The Kier molecular flexibility index (Phi) is 40.8. The second-order valence-electron chi connectivity index (χ2n) is 17.5. The first-order valence-corrected chi connectivity index (χ1v) is 25.8. The summed E-state index contributed by atoms with van der Waals surface area (Å²) in [5.74, 6) is -0.852. The average Bonchev–Trinajstić information content (AvgIpc) is 3.20. The molecule has 350 valence electrons. The number of carbonyl (C=O) groups is 2. The van der Waals surface area contributed by atoms with Crippen molar-refractivity contribution in [3.8, 4) is 0 Å². The highest BCUT2D eigenvalue weighted by molar-refractivity contribution is 7.45. The quantitative estimate of drug-likeness (QED) is 0.0196. The summed E-state index contributed by atoms with van der Waals surface area (Å²) in [5.41, 5.74) is 0. The van der Waals surface area contributed by atoms with Gasteiger partial charge in [0, 0.05) is 12.8 Å². The maximum absolute atomic E-state index is 12.7. The lowest BCUT2D eigenvalue weighted by molar-refractivity contribution is -0.870. The van der Waals surface area contributed by atoms with E-state index in [1.165, 1.54) is 89.9 Å². The minimum atomic E-state index is -4.63. The third-order valence-electron chi connectivity index (χ3n) is 10.3. The molecule has 0 aliphatic rings. The fraction of sp³-hybridized carbons (Fsp3) is 0.800. The van der Waals surface area contributed by atoms with E-state index in [1.807, 2.05) is 21.1 Å². The Morgan fingerprint density at radius 3 is 1.38 bits per heavy atom. The van der Waals surface area contributed by atoms with Crippen LogP contribution in [0.15, 0.2) is 48.6 Å². The molecule has 0 saturated heterocycles. The van der Waals surface area contributed by atoms with Gasteiger partial charge in [0.25, 0.3) is 7.82 Å². The minimum Gasteiger partial charge on any atom is -0.756 e. The van der Waals surface area contributed by atoms with E-state index in [4.69, 9.17) is 18.5 Å². The molecule has 2 unspecified atom stereocenters. The van der Waals surface area contributed by atoms with E-state index in [0.717, 1.165) is 83.5 Å². The van der Waals surface area contributed by atoms with E-state index in [1.54, 1.807) is 0 Å². The summed E-state index contributed by atoms with van der Waals surface area (Å²) in [5, 5.41) is 0. The van der Waals surface area contributed by atoms with Crippen LogP contribution in [0.5, 0.6) is 0 Å². The van der Waals surface area contributed by atoms with Crippen molar-refractivity contribution < 1.29 is 42.1 Å². The van der Waals surface area contributed by atoms with Gasteiger partial charge in [0.05, 0.1) is 27.7 Å². The number of esters is 2. The van der Waals surface area contributed by atoms with Crippen LogP contribution in [0.25, 0.3) is 0 Å². The zero-order chi connectivity index (χ0) is 44.3. The van der Waals surface area contributed by atoms with Crippen molar-refractivity contribution in [1.82, 2.24) is 0 Å². The molecule has 0 fully saturated rings. The zero-order valence-corrected chi connectivity index (χ0v) is 40.3. The highest BCUT2D eigenvalue weighted by Gasteiger charge is 2.21. The SMILES string of the molecule is CCCCC/C=C\C/C=C\C/C=C\CCCCCCCCC(=O)OC(COC(=O)CCCCCCCCC/C=C\CCCCCCCC)COP(=O)([O-])OCC[N+](C)(C)C. The van der Waals surface area contributed by atoms with Crippen LogP contribution in [0.3, 0.4) is 0 Å². The Balaban J connectivity index is 4.33. The first kappa shape index (κ1) is 58.0. The lowest BCUT2D eigenvalue weighted by Crippen LogP contribution is -2.37. The van der Waals surface area contributed by atoms with Gasteiger partial charge in [-0.2, -0.15) is 0 Å². The molecule has 0 rings (SSSR count). The summed E-state index contributed by atoms with van der Waals surface area (Å²) in [6.07, 6.45) is 49.9. The van der Waals surface area contributed by atoms with E-state index in [9.17, 15) is 19.0 Å². The van der Waals surface area contributed by atoms with Crippen LogP contribution in [-0.2, 0) is 32.7 Å². The third-order valence-corrected chi connectivity index (χ3v) is 11.3. The molecule has 9 nitrogen and oxygen atoms in total. The van der Waals surface area contributed by atoms with Crippen molar-refractivity contribution in [1.29, 1.82) is 0 Å². The van der Waals surface area contributed by atoms with Gasteiger partial charge in [-0.05, 0) is 77.0 Å². The molecule has 10 heteroatoms. The molecule has 0 aliphatic heterocycles. The predicted molar refractivity (Wildman–Crippen MR) is 250 cm³/mol. The van der Waals surface area contributed by atoms with E-state index in [0.29, 0.717) is 17.4 Å². The van der Waals surface area contributed by atoms with Crippen LogP contribution in [0.2, 0.25) is 0 Å². The van der Waals surface area contributed by atoms with Gasteiger partial charge in [0.2, 0.25) is 0 Å². The number of rotatable bonds is 44. The Bertz CT molecular complexity index is 1160. The second-order valence-corrected chi connectivity index (χ2v) is 18.9. The van der Waals surface area contributed by atoms with Crippen molar-refractivity contribution >= 4 is 19.8 Å². The van der Waals surface area contributed by atoms with Crippen molar-refractivity contribution in [2.45, 2.75) is 213 Å². The van der Waals surface area contributed by atoms with E-state index < -0.39 is 32.5 Å². The summed E-state index contributed by atoms with van der Waals surface area (Å²) in [6.45, 7) is 4.19. The number of allylic oxidation sites excluding steroid dienone is 8. The summed E-state index contributed by atoms with van der Waals surface area (Å²) >= 11 is 0. The molecule has 0 radical (unpaired) electrons. The summed E-state index contributed by atoms with van der Waals surface area (Å²) < 4.78 is 34.0. The molecular formula is C50H92NO8P. The van der Waals surface area contributed by atoms with Gasteiger partial charge in [0.15, 0.2) is 6.10 Å². The number of hydrogen-bond acceptors (Lipinski definition) is 8. The number of phosphoric ester groups is 1. The first-order chi connectivity index (χ1) is 29.0. The van der Waals surface area contributed by atoms with Crippen LogP contribution in [-0.4, -0.2) is 70.0 Å². The highest BCUT2D eigenvalue weighted by Crippen LogP contribution is 2.38. The van der Waals surface area contributed by atoms with Crippen molar-refractivity contribution in [2.24, 2.45) is 0 Å². The molecule has 0 saturated carbocycles. The zero-order valence-electron chi connectivity index (χ0n) is 39.4. The van der Waals surface area contributed by atoms with E-state index >= 15 is 0 Å². The molecule has 0 bridgehead atoms. The fourth-order valence-corrected chi connectivity index (χ4v) is 7.21. The standard InChI is InChI=1S/C50H92NO8P/c1-6-8-10-12-14-16-18-20-22-24-25-27-29-31-33-35-37-39-41-43-50(53)59-48(47-58-60(54,55)57-45-44-51(3,4)5)46-56-49(52)42-40-38-36-34-32-30-28-26-23-21-19-17-15-13-11-9-7-2/h14,16,20-23,25,27,48H,6-13,15,17-19,24,26,28-47H2,1-5H3/b16-14-,22-20-,23-21-,27-25-. The van der Waals surface area contributed by atoms with Gasteiger partial charge in [-0.1, -0.05) is 165 Å². The van der Waals surface area contributed by atoms with Crippen molar-refractivity contribution in [2.75, 3.05) is 47.5 Å². The van der Waals surface area contributed by atoms with Gasteiger partial charge in [-0.3, -0.25) is 14.2 Å². The smallest absolute Gasteiger partial charge is 0.306 e.